The van der Waals surface area contributed by atoms with Crippen LogP contribution in [0.2, 0.25) is 0 Å². The maximum absolute atomic E-state index is 13.7. The van der Waals surface area contributed by atoms with E-state index in [1.165, 1.54) is 18.0 Å². The van der Waals surface area contributed by atoms with Crippen LogP contribution in [0, 0.1) is 5.82 Å². The number of aryl methyl sites for hydroxylation is 1. The zero-order valence-electron chi connectivity index (χ0n) is 13.8. The van der Waals surface area contributed by atoms with Crippen molar-refractivity contribution in [3.05, 3.63) is 65.4 Å². The molecule has 0 bridgehead atoms. The molecule has 2 N–H and O–H groups in total. The number of nitrogens with zero attached hydrogens (tertiary/aromatic N) is 4. The molecule has 4 rings (SSSR count). The highest BCUT2D eigenvalue weighted by Crippen LogP contribution is 2.44. The van der Waals surface area contributed by atoms with Gasteiger partial charge in [0.2, 0.25) is 5.95 Å². The third kappa shape index (κ3) is 2.68. The summed E-state index contributed by atoms with van der Waals surface area (Å²) < 4.78 is 13.7. The minimum atomic E-state index is -0.527. The summed E-state index contributed by atoms with van der Waals surface area (Å²) >= 11 is 1.53. The summed E-state index contributed by atoms with van der Waals surface area (Å²) in [5.41, 5.74) is 8.19. The highest BCUT2D eigenvalue weighted by atomic mass is 32.2. The molecule has 2 aliphatic heterocycles. The van der Waals surface area contributed by atoms with Crippen LogP contribution in [0.5, 0.6) is 0 Å². The molecule has 0 saturated heterocycles. The average Bonchev–Trinajstić information content (AvgIpc) is 3.03. The van der Waals surface area contributed by atoms with Crippen LogP contribution in [0.25, 0.3) is 0 Å². The number of amidine groups is 1. The van der Waals surface area contributed by atoms with E-state index in [2.05, 4.69) is 22.1 Å². The highest BCUT2D eigenvalue weighted by Gasteiger charge is 2.45. The third-order valence-electron chi connectivity index (χ3n) is 4.57. The van der Waals surface area contributed by atoms with Crippen LogP contribution < -0.4 is 10.6 Å². The second-order valence-electron chi connectivity index (χ2n) is 6.07. The second-order valence-corrected chi connectivity index (χ2v) is 7.06. The van der Waals surface area contributed by atoms with Gasteiger partial charge >= 0.3 is 0 Å². The Kier molecular flexibility index (Phi) is 3.95. The summed E-state index contributed by atoms with van der Waals surface area (Å²) in [6, 6.07) is 10.1. The van der Waals surface area contributed by atoms with E-state index in [-0.39, 0.29) is 5.82 Å². The van der Waals surface area contributed by atoms with Gasteiger partial charge in [-0.15, -0.1) is 0 Å². The van der Waals surface area contributed by atoms with Crippen molar-refractivity contribution >= 4 is 22.9 Å². The second kappa shape index (κ2) is 6.15. The molecule has 0 spiro atoms. The first-order chi connectivity index (χ1) is 12.1. The Bertz CT molecular complexity index is 867. The number of rotatable bonds is 3. The van der Waals surface area contributed by atoms with Crippen molar-refractivity contribution in [3.63, 3.8) is 0 Å². The van der Waals surface area contributed by atoms with Gasteiger partial charge in [0.1, 0.15) is 5.54 Å². The van der Waals surface area contributed by atoms with Crippen LogP contribution in [0.15, 0.2) is 53.3 Å². The monoisotopic (exact) mass is 355 g/mol. The molecule has 7 heteroatoms. The molecule has 1 aromatic heterocycles. The molecule has 128 valence electrons. The predicted molar refractivity (Wildman–Crippen MR) is 99.0 cm³/mol. The first-order valence-electron chi connectivity index (χ1n) is 8.15. The van der Waals surface area contributed by atoms with E-state index in [1.807, 2.05) is 36.2 Å². The molecule has 0 aliphatic carbocycles. The lowest BCUT2D eigenvalue weighted by molar-refractivity contribution is 0.561. The Balaban J connectivity index is 1.78. The molecular formula is C18H18FN5S. The molecule has 0 unspecified atom stereocenters. The summed E-state index contributed by atoms with van der Waals surface area (Å²) in [7, 11) is 0. The number of hydrogen-bond acceptors (Lipinski definition) is 6. The molecule has 5 nitrogen and oxygen atoms in total. The Morgan fingerprint density at radius 3 is 2.88 bits per heavy atom. The van der Waals surface area contributed by atoms with Crippen LogP contribution in [-0.4, -0.2) is 27.4 Å². The van der Waals surface area contributed by atoms with Crippen molar-refractivity contribution < 1.29 is 4.39 Å². The van der Waals surface area contributed by atoms with Gasteiger partial charge in [-0.25, -0.2) is 19.4 Å². The number of anilines is 1. The quantitative estimate of drug-likeness (QED) is 0.917. The number of aromatic nitrogens is 2. The molecule has 2 aliphatic rings. The van der Waals surface area contributed by atoms with Crippen molar-refractivity contribution in [2.45, 2.75) is 18.9 Å². The molecule has 0 saturated carbocycles. The lowest BCUT2D eigenvalue weighted by Gasteiger charge is -2.32. The lowest BCUT2D eigenvalue weighted by Crippen LogP contribution is -2.37. The van der Waals surface area contributed by atoms with E-state index in [4.69, 9.17) is 10.7 Å². The van der Waals surface area contributed by atoms with Gasteiger partial charge in [0.15, 0.2) is 11.0 Å². The molecule has 0 fully saturated rings. The summed E-state index contributed by atoms with van der Waals surface area (Å²) in [6.07, 6.45) is 3.79. The first kappa shape index (κ1) is 16.1. The number of hydrogen-bond donors (Lipinski definition) is 1. The zero-order valence-corrected chi connectivity index (χ0v) is 14.6. The summed E-state index contributed by atoms with van der Waals surface area (Å²) in [5.74, 6) is 0.892. The van der Waals surface area contributed by atoms with Crippen LogP contribution in [0.4, 0.5) is 10.3 Å². The van der Waals surface area contributed by atoms with Crippen molar-refractivity contribution in [3.8, 4) is 0 Å². The standard InChI is InChI=1S/C18H18FN5S/c1-2-15-14(19)8-21-17(22-15)24-9-13-10-25-16(20)23-18(13,11-24)12-6-4-3-5-7-12/h3-9H,2,10-11H2,1H3,(H2,20,23)/t18-/m1/s1. The summed E-state index contributed by atoms with van der Waals surface area (Å²) in [5, 5.41) is 0.581. The number of thioether (sulfide) groups is 1. The smallest absolute Gasteiger partial charge is 0.229 e. The molecule has 3 heterocycles. The van der Waals surface area contributed by atoms with Crippen LogP contribution in [0.3, 0.4) is 0 Å². The van der Waals surface area contributed by atoms with Crippen molar-refractivity contribution in [2.75, 3.05) is 17.2 Å². The van der Waals surface area contributed by atoms with Crippen LogP contribution >= 0.6 is 11.8 Å². The minimum absolute atomic E-state index is 0.369. The molecule has 2 aromatic rings. The van der Waals surface area contributed by atoms with Gasteiger partial charge in [-0.1, -0.05) is 49.0 Å². The van der Waals surface area contributed by atoms with Crippen molar-refractivity contribution in [1.82, 2.24) is 9.97 Å². The number of fused-ring (bicyclic) bond motifs is 1. The number of nitrogens with two attached hydrogens (primary N) is 1. The van der Waals surface area contributed by atoms with E-state index in [1.54, 1.807) is 0 Å². The minimum Gasteiger partial charge on any atom is -0.378 e. The van der Waals surface area contributed by atoms with Gasteiger partial charge < -0.3 is 10.6 Å². The van der Waals surface area contributed by atoms with E-state index in [0.29, 0.717) is 29.8 Å². The Morgan fingerprint density at radius 1 is 1.32 bits per heavy atom. The lowest BCUT2D eigenvalue weighted by atomic mass is 9.86. The van der Waals surface area contributed by atoms with Crippen LogP contribution in [-0.2, 0) is 12.0 Å². The Morgan fingerprint density at radius 2 is 2.12 bits per heavy atom. The topological polar surface area (TPSA) is 67.4 Å². The molecular weight excluding hydrogens is 337 g/mol. The van der Waals surface area contributed by atoms with E-state index >= 15 is 0 Å². The maximum Gasteiger partial charge on any atom is 0.229 e. The molecule has 0 radical (unpaired) electrons. The number of aliphatic imine (C=N–C) groups is 1. The molecule has 1 aromatic carbocycles. The molecule has 25 heavy (non-hydrogen) atoms. The van der Waals surface area contributed by atoms with Crippen molar-refractivity contribution in [1.29, 1.82) is 0 Å². The average molecular weight is 355 g/mol. The van der Waals surface area contributed by atoms with Gasteiger partial charge in [0.05, 0.1) is 18.4 Å². The first-order valence-corrected chi connectivity index (χ1v) is 9.14. The Labute approximate surface area is 149 Å². The SMILES string of the molecule is CCc1nc(N2C=C3CSC(N)=N[C@@]3(c3ccccc3)C2)ncc1F. The van der Waals surface area contributed by atoms with Gasteiger partial charge in [-0.05, 0) is 17.6 Å². The Hall–Kier alpha value is -2.41. The van der Waals surface area contributed by atoms with Gasteiger partial charge in [0, 0.05) is 12.0 Å². The maximum atomic E-state index is 13.7. The molecule has 1 atom stereocenters. The van der Waals surface area contributed by atoms with E-state index in [9.17, 15) is 4.39 Å². The molecule has 0 amide bonds. The van der Waals surface area contributed by atoms with E-state index < -0.39 is 5.54 Å². The largest absolute Gasteiger partial charge is 0.378 e. The number of halogens is 1. The van der Waals surface area contributed by atoms with Gasteiger partial charge in [-0.2, -0.15) is 0 Å². The summed E-state index contributed by atoms with van der Waals surface area (Å²) in [6.45, 7) is 2.44. The summed E-state index contributed by atoms with van der Waals surface area (Å²) in [4.78, 5) is 15.3. The fourth-order valence-electron chi connectivity index (χ4n) is 3.29. The van der Waals surface area contributed by atoms with Gasteiger partial charge in [-0.3, -0.25) is 0 Å². The predicted octanol–water partition coefficient (Wildman–Crippen LogP) is 2.84. The highest BCUT2D eigenvalue weighted by molar-refractivity contribution is 8.14. The zero-order chi connectivity index (χ0) is 17.4. The normalized spacial score (nSPS) is 22.4. The third-order valence-corrected chi connectivity index (χ3v) is 5.41. The van der Waals surface area contributed by atoms with Crippen molar-refractivity contribution in [2.24, 2.45) is 10.7 Å². The number of benzene rings is 1. The van der Waals surface area contributed by atoms with Gasteiger partial charge in [0.25, 0.3) is 0 Å². The van der Waals surface area contributed by atoms with Crippen LogP contribution in [0.1, 0.15) is 18.2 Å². The fourth-order valence-corrected chi connectivity index (χ4v) is 4.12. The van der Waals surface area contributed by atoms with E-state index in [0.717, 1.165) is 16.9 Å². The fraction of sp³-hybridized carbons (Fsp3) is 0.278.